The number of hydrogen-bond acceptors (Lipinski definition) is 2. The van der Waals surface area contributed by atoms with Gasteiger partial charge in [-0.3, -0.25) is 14.7 Å². The minimum absolute atomic E-state index is 0.0269. The summed E-state index contributed by atoms with van der Waals surface area (Å²) in [7, 11) is 0. The summed E-state index contributed by atoms with van der Waals surface area (Å²) in [6.45, 7) is 10.1. The smallest absolute Gasteiger partial charge is 0.267 e. The predicted octanol–water partition coefficient (Wildman–Crippen LogP) is 3.62. The number of nitrogens with one attached hydrogen (secondary N) is 1. The summed E-state index contributed by atoms with van der Waals surface area (Å²) in [6, 6.07) is 12.8. The zero-order valence-electron chi connectivity index (χ0n) is 14.1. The molecule has 1 N–H and O–H groups in total. The fraction of sp³-hybridized carbons (Fsp3) is 0.200. The van der Waals surface area contributed by atoms with Crippen LogP contribution in [0.3, 0.4) is 0 Å². The Kier molecular flexibility index (Phi) is 3.76. The van der Waals surface area contributed by atoms with Gasteiger partial charge in [-0.1, -0.05) is 51.6 Å². The zero-order chi connectivity index (χ0) is 17.5. The molecule has 0 saturated carbocycles. The van der Waals surface area contributed by atoms with Gasteiger partial charge < -0.3 is 0 Å². The van der Waals surface area contributed by atoms with E-state index in [1.54, 1.807) is 24.3 Å². The van der Waals surface area contributed by atoms with Crippen molar-refractivity contribution in [2.24, 2.45) is 0 Å². The van der Waals surface area contributed by atoms with E-state index in [9.17, 15) is 9.59 Å². The first-order chi connectivity index (χ1) is 11.3. The summed E-state index contributed by atoms with van der Waals surface area (Å²) in [5.41, 5.74) is 2.09. The minimum Gasteiger partial charge on any atom is -0.267 e. The average molecular weight is 320 g/mol. The van der Waals surface area contributed by atoms with Crippen LogP contribution in [0.2, 0.25) is 0 Å². The Bertz CT molecular complexity index is 1030. The van der Waals surface area contributed by atoms with Crippen molar-refractivity contribution in [2.45, 2.75) is 26.2 Å². The Morgan fingerprint density at radius 3 is 2.25 bits per heavy atom. The molecule has 1 heterocycles. The summed E-state index contributed by atoms with van der Waals surface area (Å²) in [6.07, 6.45) is 1.66. The number of H-pyrrole nitrogens is 1. The molecule has 2 aromatic carbocycles. The van der Waals surface area contributed by atoms with Crippen LogP contribution < -0.4 is 11.1 Å². The van der Waals surface area contributed by atoms with Crippen molar-refractivity contribution in [2.75, 3.05) is 0 Å². The molecule has 0 spiro atoms. The molecule has 0 fully saturated rings. The summed E-state index contributed by atoms with van der Waals surface area (Å²) < 4.78 is 1.30. The first-order valence-electron chi connectivity index (χ1n) is 7.84. The van der Waals surface area contributed by atoms with E-state index in [1.165, 1.54) is 4.68 Å². The van der Waals surface area contributed by atoms with Crippen LogP contribution in [0.15, 0.2) is 58.6 Å². The first kappa shape index (κ1) is 16.0. The Morgan fingerprint density at radius 1 is 1.00 bits per heavy atom. The van der Waals surface area contributed by atoms with E-state index in [2.05, 4.69) is 32.4 Å². The number of nitrogens with zero attached hydrogens (tertiary/aromatic N) is 1. The third kappa shape index (κ3) is 2.71. The van der Waals surface area contributed by atoms with Crippen molar-refractivity contribution in [3.8, 4) is 5.69 Å². The van der Waals surface area contributed by atoms with Crippen LogP contribution in [0.4, 0.5) is 0 Å². The summed E-state index contributed by atoms with van der Waals surface area (Å²) in [5, 5.41) is 3.42. The van der Waals surface area contributed by atoms with Gasteiger partial charge in [-0.05, 0) is 40.8 Å². The van der Waals surface area contributed by atoms with Gasteiger partial charge in [-0.15, -0.1) is 0 Å². The Hall–Kier alpha value is -2.88. The highest BCUT2D eigenvalue weighted by molar-refractivity contribution is 5.83. The Balaban J connectivity index is 2.23. The lowest BCUT2D eigenvalue weighted by atomic mass is 9.87. The highest BCUT2D eigenvalue weighted by Crippen LogP contribution is 2.22. The molecule has 0 saturated heterocycles. The average Bonchev–Trinajstić information content (AvgIpc) is 2.57. The molecule has 3 aromatic rings. The number of rotatable bonds is 2. The highest BCUT2D eigenvalue weighted by Gasteiger charge is 2.14. The van der Waals surface area contributed by atoms with Gasteiger partial charge in [0.2, 0.25) is 0 Å². The fourth-order valence-electron chi connectivity index (χ4n) is 2.69. The van der Waals surface area contributed by atoms with E-state index in [0.717, 1.165) is 11.1 Å². The normalized spacial score (nSPS) is 11.6. The molecule has 0 bridgehead atoms. The van der Waals surface area contributed by atoms with Gasteiger partial charge >= 0.3 is 0 Å². The quantitative estimate of drug-likeness (QED) is 0.784. The lowest BCUT2D eigenvalue weighted by Crippen LogP contribution is -2.28. The molecule has 24 heavy (non-hydrogen) atoms. The molecular weight excluding hydrogens is 300 g/mol. The number of aromatic amines is 1. The van der Waals surface area contributed by atoms with Crippen LogP contribution in [-0.4, -0.2) is 9.78 Å². The second-order valence-electron chi connectivity index (χ2n) is 6.89. The van der Waals surface area contributed by atoms with E-state index >= 15 is 0 Å². The summed E-state index contributed by atoms with van der Waals surface area (Å²) in [4.78, 5) is 25.1. The van der Waals surface area contributed by atoms with Gasteiger partial charge in [-0.2, -0.15) is 0 Å². The van der Waals surface area contributed by atoms with Crippen molar-refractivity contribution in [1.82, 2.24) is 9.78 Å². The lowest BCUT2D eigenvalue weighted by molar-refractivity contribution is 0.590. The van der Waals surface area contributed by atoms with E-state index < -0.39 is 0 Å². The highest BCUT2D eigenvalue weighted by atomic mass is 16.2. The molecule has 0 aliphatic carbocycles. The van der Waals surface area contributed by atoms with Crippen LogP contribution in [-0.2, 0) is 5.41 Å². The van der Waals surface area contributed by atoms with Gasteiger partial charge in [0.15, 0.2) is 0 Å². The maximum Gasteiger partial charge on any atom is 0.277 e. The molecular formula is C20H20N2O2. The molecule has 1 aromatic heterocycles. The Morgan fingerprint density at radius 2 is 1.67 bits per heavy atom. The maximum atomic E-state index is 12.8. The number of benzene rings is 2. The molecule has 122 valence electrons. The van der Waals surface area contributed by atoms with Gasteiger partial charge in [0, 0.05) is 0 Å². The third-order valence-electron chi connectivity index (χ3n) is 4.16. The molecule has 0 atom stereocenters. The summed E-state index contributed by atoms with van der Waals surface area (Å²) in [5.74, 6) is 0. The second-order valence-corrected chi connectivity index (χ2v) is 6.89. The van der Waals surface area contributed by atoms with Gasteiger partial charge in [0.25, 0.3) is 11.1 Å². The van der Waals surface area contributed by atoms with Gasteiger partial charge in [-0.25, -0.2) is 4.68 Å². The van der Waals surface area contributed by atoms with Crippen LogP contribution in [0, 0.1) is 0 Å². The minimum atomic E-state index is -0.292. The van der Waals surface area contributed by atoms with Crippen LogP contribution in [0.5, 0.6) is 0 Å². The molecule has 4 heteroatoms. The molecule has 0 aliphatic rings. The monoisotopic (exact) mass is 320 g/mol. The maximum absolute atomic E-state index is 12.8. The van der Waals surface area contributed by atoms with E-state index in [4.69, 9.17) is 0 Å². The molecule has 0 aliphatic heterocycles. The second kappa shape index (κ2) is 5.64. The SMILES string of the molecule is C=Cc1ccc2c(=O)[nH]n(-c3ccc(C(C)(C)C)cc3)c(=O)c2c1. The van der Waals surface area contributed by atoms with Gasteiger partial charge in [0.1, 0.15) is 0 Å². The van der Waals surface area contributed by atoms with Crippen molar-refractivity contribution < 1.29 is 0 Å². The van der Waals surface area contributed by atoms with Crippen molar-refractivity contribution >= 4 is 16.8 Å². The predicted molar refractivity (Wildman–Crippen MR) is 99.0 cm³/mol. The van der Waals surface area contributed by atoms with E-state index in [0.29, 0.717) is 16.5 Å². The Labute approximate surface area is 140 Å². The van der Waals surface area contributed by atoms with Crippen LogP contribution >= 0.6 is 0 Å². The van der Waals surface area contributed by atoms with E-state index in [1.807, 2.05) is 24.3 Å². The van der Waals surface area contributed by atoms with Crippen molar-refractivity contribution in [1.29, 1.82) is 0 Å². The first-order valence-corrected chi connectivity index (χ1v) is 7.84. The lowest BCUT2D eigenvalue weighted by Gasteiger charge is -2.19. The third-order valence-corrected chi connectivity index (χ3v) is 4.16. The number of hydrogen-bond donors (Lipinski definition) is 1. The number of aromatic nitrogens is 2. The molecule has 0 amide bonds. The topological polar surface area (TPSA) is 54.9 Å². The molecule has 4 nitrogen and oxygen atoms in total. The van der Waals surface area contributed by atoms with Gasteiger partial charge in [0.05, 0.1) is 16.5 Å². The largest absolute Gasteiger partial charge is 0.277 e. The van der Waals surface area contributed by atoms with E-state index in [-0.39, 0.29) is 16.5 Å². The molecule has 0 unspecified atom stereocenters. The van der Waals surface area contributed by atoms with Crippen LogP contribution in [0.25, 0.3) is 22.5 Å². The molecule has 0 radical (unpaired) electrons. The zero-order valence-corrected chi connectivity index (χ0v) is 14.1. The van der Waals surface area contributed by atoms with Crippen molar-refractivity contribution in [3.63, 3.8) is 0 Å². The fourth-order valence-corrected chi connectivity index (χ4v) is 2.69. The standard InChI is InChI=1S/C20H20N2O2/c1-5-13-6-11-16-17(12-13)19(24)22(21-18(16)23)15-9-7-14(8-10-15)20(2,3)4/h5-12H,1H2,2-4H3,(H,21,23). The molecule has 3 rings (SSSR count). The van der Waals surface area contributed by atoms with Crippen molar-refractivity contribution in [3.05, 3.63) is 80.9 Å². The number of fused-ring (bicyclic) bond motifs is 1. The summed E-state index contributed by atoms with van der Waals surface area (Å²) >= 11 is 0. The van der Waals surface area contributed by atoms with Crippen LogP contribution in [0.1, 0.15) is 31.9 Å².